The molecule has 15 heavy (non-hydrogen) atoms. The van der Waals surface area contributed by atoms with Gasteiger partial charge < -0.3 is 9.64 Å². The van der Waals surface area contributed by atoms with Crippen molar-refractivity contribution in [3.8, 4) is 0 Å². The quantitative estimate of drug-likeness (QED) is 0.618. The molecule has 0 aliphatic carbocycles. The third-order valence-electron chi connectivity index (χ3n) is 2.15. The number of Topliss-reactive ketones (excluding diaryl/α,β-unsaturated/α-hetero) is 1. The summed E-state index contributed by atoms with van der Waals surface area (Å²) in [5, 5.41) is 0. The van der Waals surface area contributed by atoms with Crippen LogP contribution in [0, 0.1) is 0 Å². The molecule has 0 atom stereocenters. The van der Waals surface area contributed by atoms with Crippen LogP contribution in [0.15, 0.2) is 0 Å². The van der Waals surface area contributed by atoms with Crippen molar-refractivity contribution in [2.45, 2.75) is 45.6 Å². The summed E-state index contributed by atoms with van der Waals surface area (Å²) in [6.45, 7) is 6.30. The van der Waals surface area contributed by atoms with Crippen molar-refractivity contribution in [1.29, 1.82) is 0 Å². The molecule has 0 saturated carbocycles. The lowest BCUT2D eigenvalue weighted by atomic mass is 10.2. The zero-order valence-corrected chi connectivity index (χ0v) is 9.71. The monoisotopic (exact) mass is 213 g/mol. The largest absolute Gasteiger partial charge is 0.444 e. The minimum absolute atomic E-state index is 0.123. The number of hydrogen-bond acceptors (Lipinski definition) is 3. The van der Waals surface area contributed by atoms with E-state index in [9.17, 15) is 9.59 Å². The van der Waals surface area contributed by atoms with Gasteiger partial charge >= 0.3 is 6.09 Å². The smallest absolute Gasteiger partial charge is 0.410 e. The second-order valence-corrected chi connectivity index (χ2v) is 4.90. The third kappa shape index (κ3) is 4.32. The van der Waals surface area contributed by atoms with E-state index < -0.39 is 5.60 Å². The van der Waals surface area contributed by atoms with Crippen LogP contribution in [-0.2, 0) is 9.53 Å². The predicted octanol–water partition coefficient (Wildman–Crippen LogP) is 1.98. The molecule has 4 nitrogen and oxygen atoms in total. The molecule has 0 aromatic carbocycles. The topological polar surface area (TPSA) is 46.6 Å². The summed E-state index contributed by atoms with van der Waals surface area (Å²) in [4.78, 5) is 24.5. The molecule has 0 N–H and O–H groups in total. The Balaban J connectivity index is 2.54. The Morgan fingerprint density at radius 2 is 2.00 bits per heavy atom. The maximum absolute atomic E-state index is 11.7. The maximum Gasteiger partial charge on any atom is 0.410 e. The Morgan fingerprint density at radius 1 is 1.33 bits per heavy atom. The van der Waals surface area contributed by atoms with Crippen LogP contribution >= 0.6 is 0 Å². The van der Waals surface area contributed by atoms with Gasteiger partial charge in [0.05, 0.1) is 6.54 Å². The molecule has 0 aromatic rings. The van der Waals surface area contributed by atoms with Crippen LogP contribution in [0.5, 0.6) is 0 Å². The van der Waals surface area contributed by atoms with Gasteiger partial charge in [-0.2, -0.15) is 0 Å². The molecule has 1 aliphatic rings. The zero-order chi connectivity index (χ0) is 11.5. The van der Waals surface area contributed by atoms with Gasteiger partial charge in [-0.3, -0.25) is 4.79 Å². The molecule has 1 heterocycles. The van der Waals surface area contributed by atoms with E-state index in [0.717, 1.165) is 12.8 Å². The molecule has 1 saturated heterocycles. The number of carbonyl (C=O) groups excluding carboxylic acids is 2. The Bertz CT molecular complexity index is 255. The van der Waals surface area contributed by atoms with Crippen LogP contribution in [0.2, 0.25) is 0 Å². The van der Waals surface area contributed by atoms with E-state index in [2.05, 4.69) is 0 Å². The van der Waals surface area contributed by atoms with Gasteiger partial charge in [0.25, 0.3) is 0 Å². The highest BCUT2D eigenvalue weighted by Crippen LogP contribution is 2.13. The van der Waals surface area contributed by atoms with Crippen molar-refractivity contribution in [2.24, 2.45) is 0 Å². The highest BCUT2D eigenvalue weighted by atomic mass is 16.6. The molecule has 86 valence electrons. The van der Waals surface area contributed by atoms with Gasteiger partial charge in [-0.1, -0.05) is 0 Å². The molecule has 0 spiro atoms. The molecule has 1 fully saturated rings. The van der Waals surface area contributed by atoms with Crippen LogP contribution in [0.1, 0.15) is 40.0 Å². The Kier molecular flexibility index (Phi) is 3.72. The lowest BCUT2D eigenvalue weighted by Gasteiger charge is -2.25. The minimum atomic E-state index is -0.494. The van der Waals surface area contributed by atoms with Crippen molar-refractivity contribution < 1.29 is 14.3 Å². The van der Waals surface area contributed by atoms with Crippen LogP contribution in [0.25, 0.3) is 0 Å². The minimum Gasteiger partial charge on any atom is -0.444 e. The SMILES string of the molecule is CC(C)(C)OC(=O)N1CCCCC(=O)C1. The zero-order valence-electron chi connectivity index (χ0n) is 9.71. The second kappa shape index (κ2) is 4.64. The van der Waals surface area contributed by atoms with E-state index in [1.165, 1.54) is 4.90 Å². The molecule has 0 unspecified atom stereocenters. The van der Waals surface area contributed by atoms with Crippen LogP contribution in [0.4, 0.5) is 4.79 Å². The molecule has 1 amide bonds. The Hall–Kier alpha value is -1.06. The van der Waals surface area contributed by atoms with Gasteiger partial charge in [0.15, 0.2) is 5.78 Å². The number of ether oxygens (including phenoxy) is 1. The summed E-state index contributed by atoms with van der Waals surface area (Å²) in [6, 6.07) is 0. The first-order valence-electron chi connectivity index (χ1n) is 5.38. The molecular weight excluding hydrogens is 194 g/mol. The summed E-state index contributed by atoms with van der Waals surface area (Å²) < 4.78 is 5.22. The van der Waals surface area contributed by atoms with Crippen molar-refractivity contribution in [1.82, 2.24) is 4.90 Å². The summed E-state index contributed by atoms with van der Waals surface area (Å²) in [5.41, 5.74) is -0.494. The van der Waals surface area contributed by atoms with Crippen LogP contribution in [0.3, 0.4) is 0 Å². The van der Waals surface area contributed by atoms with E-state index in [-0.39, 0.29) is 18.4 Å². The van der Waals surface area contributed by atoms with E-state index in [0.29, 0.717) is 13.0 Å². The van der Waals surface area contributed by atoms with Crippen LogP contribution in [-0.4, -0.2) is 35.5 Å². The number of nitrogens with zero attached hydrogens (tertiary/aromatic N) is 1. The number of rotatable bonds is 0. The molecule has 0 radical (unpaired) electrons. The lowest BCUT2D eigenvalue weighted by Crippen LogP contribution is -2.39. The molecule has 0 bridgehead atoms. The van der Waals surface area contributed by atoms with Crippen molar-refractivity contribution in [3.63, 3.8) is 0 Å². The summed E-state index contributed by atoms with van der Waals surface area (Å²) in [6.07, 6.45) is 1.96. The van der Waals surface area contributed by atoms with Gasteiger partial charge in [0, 0.05) is 13.0 Å². The summed E-state index contributed by atoms with van der Waals surface area (Å²) >= 11 is 0. The van der Waals surface area contributed by atoms with E-state index >= 15 is 0 Å². The Morgan fingerprint density at radius 3 is 2.60 bits per heavy atom. The van der Waals surface area contributed by atoms with Gasteiger partial charge in [-0.15, -0.1) is 0 Å². The standard InChI is InChI=1S/C11H19NO3/c1-11(2,3)15-10(14)12-7-5-4-6-9(13)8-12/h4-8H2,1-3H3. The lowest BCUT2D eigenvalue weighted by molar-refractivity contribution is -0.119. The third-order valence-corrected chi connectivity index (χ3v) is 2.15. The van der Waals surface area contributed by atoms with Gasteiger partial charge in [-0.25, -0.2) is 4.79 Å². The van der Waals surface area contributed by atoms with Crippen LogP contribution < -0.4 is 0 Å². The maximum atomic E-state index is 11.7. The summed E-state index contributed by atoms with van der Waals surface area (Å²) in [7, 11) is 0. The van der Waals surface area contributed by atoms with Gasteiger partial charge in [0.1, 0.15) is 5.60 Å². The number of hydrogen-bond donors (Lipinski definition) is 0. The van der Waals surface area contributed by atoms with E-state index in [1.807, 2.05) is 20.8 Å². The first-order valence-corrected chi connectivity index (χ1v) is 5.38. The number of likely N-dealkylation sites (tertiary alicyclic amines) is 1. The normalized spacial score (nSPS) is 18.6. The molecule has 1 aliphatic heterocycles. The van der Waals surface area contributed by atoms with Crippen molar-refractivity contribution in [3.05, 3.63) is 0 Å². The molecule has 1 rings (SSSR count). The highest BCUT2D eigenvalue weighted by molar-refractivity contribution is 5.84. The number of amides is 1. The first-order chi connectivity index (χ1) is 6.88. The first kappa shape index (κ1) is 12.0. The fourth-order valence-electron chi connectivity index (χ4n) is 1.48. The van der Waals surface area contributed by atoms with Crippen molar-refractivity contribution in [2.75, 3.05) is 13.1 Å². The molecular formula is C11H19NO3. The average molecular weight is 213 g/mol. The molecule has 4 heteroatoms. The van der Waals surface area contributed by atoms with Gasteiger partial charge in [-0.05, 0) is 33.6 Å². The van der Waals surface area contributed by atoms with Gasteiger partial charge in [0.2, 0.25) is 0 Å². The van der Waals surface area contributed by atoms with E-state index in [4.69, 9.17) is 4.74 Å². The number of ketones is 1. The molecule has 0 aromatic heterocycles. The van der Waals surface area contributed by atoms with Crippen molar-refractivity contribution >= 4 is 11.9 Å². The fourth-order valence-corrected chi connectivity index (χ4v) is 1.48. The highest BCUT2D eigenvalue weighted by Gasteiger charge is 2.24. The number of carbonyl (C=O) groups is 2. The second-order valence-electron chi connectivity index (χ2n) is 4.90. The predicted molar refractivity (Wildman–Crippen MR) is 56.7 cm³/mol. The summed E-state index contributed by atoms with van der Waals surface area (Å²) in [5.74, 6) is 0.123. The van der Waals surface area contributed by atoms with E-state index in [1.54, 1.807) is 0 Å². The average Bonchev–Trinajstić information content (AvgIpc) is 2.26. The fraction of sp³-hybridized carbons (Fsp3) is 0.818. The Labute approximate surface area is 90.6 Å².